The lowest BCUT2D eigenvalue weighted by molar-refractivity contribution is -0.384. The number of carbonyl (C=O) groups excluding carboxylic acids is 1. The molecule has 0 saturated carbocycles. The van der Waals surface area contributed by atoms with Crippen molar-refractivity contribution >= 4 is 27.3 Å². The van der Waals surface area contributed by atoms with Crippen LogP contribution in [0.5, 0.6) is 0 Å². The Morgan fingerprint density at radius 3 is 2.25 bits per heavy atom. The molecule has 0 radical (unpaired) electrons. The average Bonchev–Trinajstić information content (AvgIpc) is 2.69. The molecule has 1 amide bonds. The number of nitrogens with one attached hydrogen (secondary N) is 3. The molecule has 2 rings (SSSR count). The third kappa shape index (κ3) is 6.65. The smallest absolute Gasteiger partial charge is 0.378 e. The van der Waals surface area contributed by atoms with Gasteiger partial charge in [-0.3, -0.25) is 14.9 Å². The Morgan fingerprint density at radius 2 is 1.72 bits per heavy atom. The molecule has 174 valence electrons. The number of anilines is 1. The first-order valence-corrected chi connectivity index (χ1v) is 10.8. The Kier molecular flexibility index (Phi) is 7.80. The highest BCUT2D eigenvalue weighted by Gasteiger charge is 2.33. The van der Waals surface area contributed by atoms with Crippen LogP contribution in [0.15, 0.2) is 47.4 Å². The highest BCUT2D eigenvalue weighted by atomic mass is 32.2. The van der Waals surface area contributed by atoms with Crippen molar-refractivity contribution in [2.45, 2.75) is 31.0 Å². The van der Waals surface area contributed by atoms with Gasteiger partial charge in [-0.2, -0.15) is 13.2 Å². The molecule has 3 N–H and O–H groups in total. The number of nitro groups is 1. The summed E-state index contributed by atoms with van der Waals surface area (Å²) in [6.45, 7) is 3.36. The second-order valence-electron chi connectivity index (χ2n) is 6.97. The number of carbonyl (C=O) groups is 1. The molecule has 0 saturated heterocycles. The Bertz CT molecular complexity index is 1090. The number of alkyl halides is 3. The van der Waals surface area contributed by atoms with Gasteiger partial charge in [-0.05, 0) is 50.2 Å². The summed E-state index contributed by atoms with van der Waals surface area (Å²) >= 11 is 0. The number of benzene rings is 2. The summed E-state index contributed by atoms with van der Waals surface area (Å²) in [5.41, 5.74) is -1.81. The van der Waals surface area contributed by atoms with Gasteiger partial charge in [0, 0.05) is 30.8 Å². The van der Waals surface area contributed by atoms with Gasteiger partial charge in [0.1, 0.15) is 5.69 Å². The van der Waals surface area contributed by atoms with E-state index in [1.165, 1.54) is 24.3 Å². The fraction of sp³-hybridized carbons (Fsp3) is 0.316. The average molecular weight is 474 g/mol. The molecule has 0 aliphatic rings. The molecule has 0 aliphatic heterocycles. The molecule has 0 aromatic heterocycles. The first kappa shape index (κ1) is 25.1. The summed E-state index contributed by atoms with van der Waals surface area (Å²) in [6, 6.07) is 7.04. The first-order valence-electron chi connectivity index (χ1n) is 9.31. The first-order chi connectivity index (χ1) is 14.8. The van der Waals surface area contributed by atoms with Crippen molar-refractivity contribution in [3.63, 3.8) is 0 Å². The van der Waals surface area contributed by atoms with Crippen molar-refractivity contribution < 1.29 is 31.3 Å². The topological polar surface area (TPSA) is 130 Å². The van der Waals surface area contributed by atoms with E-state index < -0.39 is 38.3 Å². The van der Waals surface area contributed by atoms with Crippen LogP contribution in [0.4, 0.5) is 24.5 Å². The lowest BCUT2D eigenvalue weighted by Gasteiger charge is -2.12. The molecule has 9 nitrogen and oxygen atoms in total. The van der Waals surface area contributed by atoms with Crippen molar-refractivity contribution in [3.8, 4) is 0 Å². The highest BCUT2D eigenvalue weighted by Crippen LogP contribution is 2.34. The van der Waals surface area contributed by atoms with Crippen molar-refractivity contribution in [1.82, 2.24) is 10.0 Å². The van der Waals surface area contributed by atoms with Gasteiger partial charge >= 0.3 is 6.18 Å². The van der Waals surface area contributed by atoms with Gasteiger partial charge in [-0.15, -0.1) is 0 Å². The minimum absolute atomic E-state index is 0.000898. The Labute approximate surface area is 182 Å². The summed E-state index contributed by atoms with van der Waals surface area (Å²) in [6.07, 6.45) is -4.71. The maximum absolute atomic E-state index is 12.7. The minimum atomic E-state index is -4.71. The molecule has 0 unspecified atom stereocenters. The van der Waals surface area contributed by atoms with Crippen molar-refractivity contribution in [3.05, 3.63) is 63.7 Å². The Balaban J connectivity index is 1.96. The van der Waals surface area contributed by atoms with Crippen molar-refractivity contribution in [2.24, 2.45) is 0 Å². The van der Waals surface area contributed by atoms with Gasteiger partial charge in [0.05, 0.1) is 15.4 Å². The molecule has 0 spiro atoms. The van der Waals surface area contributed by atoms with Crippen LogP contribution < -0.4 is 15.4 Å². The van der Waals surface area contributed by atoms with Gasteiger partial charge in [-0.25, -0.2) is 13.1 Å². The highest BCUT2D eigenvalue weighted by molar-refractivity contribution is 7.89. The van der Waals surface area contributed by atoms with Gasteiger partial charge in [0.25, 0.3) is 11.6 Å². The lowest BCUT2D eigenvalue weighted by atomic mass is 10.1. The van der Waals surface area contributed by atoms with Crippen molar-refractivity contribution in [1.29, 1.82) is 0 Å². The third-order valence-electron chi connectivity index (χ3n) is 4.07. The fourth-order valence-electron chi connectivity index (χ4n) is 2.65. The van der Waals surface area contributed by atoms with E-state index in [-0.39, 0.29) is 35.3 Å². The predicted molar refractivity (Wildman–Crippen MR) is 111 cm³/mol. The van der Waals surface area contributed by atoms with E-state index in [0.29, 0.717) is 6.07 Å². The van der Waals surface area contributed by atoms with E-state index in [2.05, 4.69) is 15.4 Å². The standard InChI is InChI=1S/C19H21F3N4O5S/c1-12(2)25-32(30,31)15-6-3-13(4-7-15)18(27)24-10-9-23-16-8-5-14(19(20,21)22)11-17(16)26(28)29/h3-8,11-12,23,25H,9-10H2,1-2H3,(H,24,27). The zero-order valence-electron chi connectivity index (χ0n) is 17.1. The molecule has 2 aromatic rings. The fourth-order valence-corrected chi connectivity index (χ4v) is 3.90. The molecule has 0 fully saturated rings. The summed E-state index contributed by atoms with van der Waals surface area (Å²) in [4.78, 5) is 22.3. The molecule has 0 bridgehead atoms. The molecule has 0 atom stereocenters. The van der Waals surface area contributed by atoms with E-state index in [9.17, 15) is 36.5 Å². The van der Waals surface area contributed by atoms with Crippen LogP contribution in [0, 0.1) is 10.1 Å². The van der Waals surface area contributed by atoms with E-state index in [1.54, 1.807) is 13.8 Å². The van der Waals surface area contributed by atoms with E-state index >= 15 is 0 Å². The van der Waals surface area contributed by atoms with E-state index in [4.69, 9.17) is 0 Å². The van der Waals surface area contributed by atoms with E-state index in [1.807, 2.05) is 0 Å². The van der Waals surface area contributed by atoms with Crippen LogP contribution in [0.2, 0.25) is 0 Å². The summed E-state index contributed by atoms with van der Waals surface area (Å²) in [5.74, 6) is -0.519. The number of hydrogen-bond donors (Lipinski definition) is 3. The number of halogens is 3. The quantitative estimate of drug-likeness (QED) is 0.291. The van der Waals surface area contributed by atoms with Gasteiger partial charge < -0.3 is 10.6 Å². The van der Waals surface area contributed by atoms with Crippen LogP contribution in [-0.2, 0) is 16.2 Å². The SMILES string of the molecule is CC(C)NS(=O)(=O)c1ccc(C(=O)NCCNc2ccc(C(F)(F)F)cc2[N+](=O)[O-])cc1. The third-order valence-corrected chi connectivity index (χ3v) is 5.74. The van der Waals surface area contributed by atoms with Crippen molar-refractivity contribution in [2.75, 3.05) is 18.4 Å². The monoisotopic (exact) mass is 474 g/mol. The second kappa shape index (κ2) is 9.96. The molecular formula is C19H21F3N4O5S. The maximum Gasteiger partial charge on any atom is 0.416 e. The number of sulfonamides is 1. The van der Waals surface area contributed by atoms with Gasteiger partial charge in [0.2, 0.25) is 10.0 Å². The predicted octanol–water partition coefficient (Wildman–Crippen LogP) is 3.14. The van der Waals surface area contributed by atoms with Gasteiger partial charge in [-0.1, -0.05) is 0 Å². The molecule has 32 heavy (non-hydrogen) atoms. The lowest BCUT2D eigenvalue weighted by Crippen LogP contribution is -2.30. The normalized spacial score (nSPS) is 11.9. The molecule has 2 aromatic carbocycles. The molecule has 13 heteroatoms. The zero-order chi connectivity index (χ0) is 24.1. The van der Waals surface area contributed by atoms with E-state index in [0.717, 1.165) is 12.1 Å². The summed E-state index contributed by atoms with van der Waals surface area (Å²) in [7, 11) is -3.69. The molecular weight excluding hydrogens is 453 g/mol. The summed E-state index contributed by atoms with van der Waals surface area (Å²) in [5, 5.41) is 16.2. The number of nitro benzene ring substituents is 1. The molecule has 0 heterocycles. The van der Waals surface area contributed by atoms with Gasteiger partial charge in [0.15, 0.2) is 0 Å². The van der Waals surface area contributed by atoms with Crippen LogP contribution in [-0.4, -0.2) is 38.4 Å². The summed E-state index contributed by atoms with van der Waals surface area (Å²) < 4.78 is 64.8. The van der Waals surface area contributed by atoms with Crippen LogP contribution in [0.25, 0.3) is 0 Å². The molecule has 0 aliphatic carbocycles. The number of nitrogens with zero attached hydrogens (tertiary/aromatic N) is 1. The number of rotatable bonds is 9. The van der Waals surface area contributed by atoms with Crippen LogP contribution in [0.3, 0.4) is 0 Å². The Hall–Kier alpha value is -3.19. The number of amides is 1. The number of hydrogen-bond acceptors (Lipinski definition) is 6. The van der Waals surface area contributed by atoms with Crippen LogP contribution >= 0.6 is 0 Å². The minimum Gasteiger partial charge on any atom is -0.378 e. The largest absolute Gasteiger partial charge is 0.416 e. The zero-order valence-corrected chi connectivity index (χ0v) is 17.9. The van der Waals surface area contributed by atoms with Crippen LogP contribution in [0.1, 0.15) is 29.8 Å². The maximum atomic E-state index is 12.7. The Morgan fingerprint density at radius 1 is 1.09 bits per heavy atom. The second-order valence-corrected chi connectivity index (χ2v) is 8.68.